The lowest BCUT2D eigenvalue weighted by molar-refractivity contribution is -0.144. The molecule has 0 aliphatic heterocycles. The Balaban J connectivity index is 4.45. The summed E-state index contributed by atoms with van der Waals surface area (Å²) in [6, 6.07) is 0.513. The second kappa shape index (κ2) is 8.48. The van der Waals surface area contributed by atoms with E-state index in [-0.39, 0.29) is 0 Å². The van der Waals surface area contributed by atoms with Crippen LogP contribution in [-0.4, -0.2) is 47.2 Å². The minimum absolute atomic E-state index is 0.513. The molecule has 0 spiro atoms. The van der Waals surface area contributed by atoms with E-state index in [1.807, 2.05) is 6.92 Å². The summed E-state index contributed by atoms with van der Waals surface area (Å²) in [4.78, 5) is 13.7. The molecular weight excluding hydrogens is 228 g/mol. The molecule has 0 amide bonds. The van der Waals surface area contributed by atoms with Gasteiger partial charge in [-0.25, -0.2) is 0 Å². The molecule has 0 saturated heterocycles. The largest absolute Gasteiger partial charge is 0.480 e. The van der Waals surface area contributed by atoms with Gasteiger partial charge in [0, 0.05) is 12.6 Å². The van der Waals surface area contributed by atoms with Gasteiger partial charge in [-0.1, -0.05) is 20.8 Å². The predicted molar refractivity (Wildman–Crippen MR) is 76.0 cm³/mol. The minimum atomic E-state index is -0.809. The molecule has 108 valence electrons. The SMILES string of the molecule is CCCNC(C)(CCN(CC)C(C)CC)C(=O)O. The van der Waals surface area contributed by atoms with Crippen LogP contribution in [0.3, 0.4) is 0 Å². The summed E-state index contributed by atoms with van der Waals surface area (Å²) >= 11 is 0. The molecule has 4 nitrogen and oxygen atoms in total. The van der Waals surface area contributed by atoms with E-state index in [0.29, 0.717) is 12.5 Å². The lowest BCUT2D eigenvalue weighted by atomic mass is 9.97. The lowest BCUT2D eigenvalue weighted by Gasteiger charge is -2.32. The number of carbonyl (C=O) groups is 1. The van der Waals surface area contributed by atoms with Crippen LogP contribution in [0.25, 0.3) is 0 Å². The average Bonchev–Trinajstić information content (AvgIpc) is 2.36. The highest BCUT2D eigenvalue weighted by atomic mass is 16.4. The molecule has 0 aromatic heterocycles. The molecule has 0 radical (unpaired) electrons. The normalized spacial score (nSPS) is 16.6. The van der Waals surface area contributed by atoms with Crippen LogP contribution >= 0.6 is 0 Å². The van der Waals surface area contributed by atoms with Crippen molar-refractivity contribution in [3.63, 3.8) is 0 Å². The Morgan fingerprint density at radius 3 is 2.39 bits per heavy atom. The molecule has 0 saturated carbocycles. The van der Waals surface area contributed by atoms with Gasteiger partial charge in [0.05, 0.1) is 0 Å². The lowest BCUT2D eigenvalue weighted by Crippen LogP contribution is -2.52. The number of carboxylic acid groups (broad SMARTS) is 1. The van der Waals surface area contributed by atoms with Crippen molar-refractivity contribution in [1.29, 1.82) is 0 Å². The smallest absolute Gasteiger partial charge is 0.323 e. The Labute approximate surface area is 112 Å². The van der Waals surface area contributed by atoms with E-state index in [0.717, 1.165) is 32.5 Å². The summed E-state index contributed by atoms with van der Waals surface area (Å²) in [6.45, 7) is 12.9. The molecule has 2 N–H and O–H groups in total. The summed E-state index contributed by atoms with van der Waals surface area (Å²) in [5.74, 6) is -0.754. The third-order valence-electron chi connectivity index (χ3n) is 3.76. The van der Waals surface area contributed by atoms with Gasteiger partial charge in [0.25, 0.3) is 0 Å². The van der Waals surface area contributed by atoms with Crippen molar-refractivity contribution in [1.82, 2.24) is 10.2 Å². The van der Waals surface area contributed by atoms with Gasteiger partial charge in [-0.15, -0.1) is 0 Å². The zero-order valence-electron chi connectivity index (χ0n) is 12.6. The van der Waals surface area contributed by atoms with E-state index < -0.39 is 11.5 Å². The number of nitrogens with one attached hydrogen (secondary N) is 1. The number of carboxylic acids is 1. The number of hydrogen-bond donors (Lipinski definition) is 2. The fraction of sp³-hybridized carbons (Fsp3) is 0.929. The minimum Gasteiger partial charge on any atom is -0.480 e. The van der Waals surface area contributed by atoms with Crippen LogP contribution in [0.4, 0.5) is 0 Å². The van der Waals surface area contributed by atoms with Crippen LogP contribution in [0.1, 0.15) is 53.9 Å². The summed E-state index contributed by atoms with van der Waals surface area (Å²) < 4.78 is 0. The molecule has 18 heavy (non-hydrogen) atoms. The van der Waals surface area contributed by atoms with Gasteiger partial charge >= 0.3 is 5.97 Å². The quantitative estimate of drug-likeness (QED) is 0.631. The number of nitrogens with zero attached hydrogens (tertiary/aromatic N) is 1. The van der Waals surface area contributed by atoms with E-state index in [1.54, 1.807) is 6.92 Å². The van der Waals surface area contributed by atoms with Crippen molar-refractivity contribution < 1.29 is 9.90 Å². The number of aliphatic carboxylic acids is 1. The summed E-state index contributed by atoms with van der Waals surface area (Å²) in [5, 5.41) is 12.5. The topological polar surface area (TPSA) is 52.6 Å². The molecule has 0 fully saturated rings. The second-order valence-electron chi connectivity index (χ2n) is 5.20. The van der Waals surface area contributed by atoms with E-state index in [1.165, 1.54) is 0 Å². The fourth-order valence-corrected chi connectivity index (χ4v) is 1.99. The van der Waals surface area contributed by atoms with E-state index in [9.17, 15) is 9.90 Å². The first-order valence-electron chi connectivity index (χ1n) is 7.13. The Morgan fingerprint density at radius 2 is 2.00 bits per heavy atom. The summed E-state index contributed by atoms with van der Waals surface area (Å²) in [6.07, 6.45) is 2.69. The van der Waals surface area contributed by atoms with Crippen LogP contribution in [0.15, 0.2) is 0 Å². The van der Waals surface area contributed by atoms with Crippen molar-refractivity contribution in [2.75, 3.05) is 19.6 Å². The first-order chi connectivity index (χ1) is 8.41. The molecule has 2 atom stereocenters. The second-order valence-corrected chi connectivity index (χ2v) is 5.20. The summed E-state index contributed by atoms with van der Waals surface area (Å²) in [7, 11) is 0. The highest BCUT2D eigenvalue weighted by molar-refractivity contribution is 5.78. The molecule has 0 aromatic rings. The van der Waals surface area contributed by atoms with Crippen LogP contribution in [0.2, 0.25) is 0 Å². The van der Waals surface area contributed by atoms with Crippen molar-refractivity contribution in [3.8, 4) is 0 Å². The number of hydrogen-bond acceptors (Lipinski definition) is 3. The molecule has 2 unspecified atom stereocenters. The van der Waals surface area contributed by atoms with Crippen molar-refractivity contribution in [2.24, 2.45) is 0 Å². The maximum atomic E-state index is 11.4. The van der Waals surface area contributed by atoms with Crippen LogP contribution < -0.4 is 5.32 Å². The van der Waals surface area contributed by atoms with Gasteiger partial charge in [-0.3, -0.25) is 4.79 Å². The van der Waals surface area contributed by atoms with E-state index >= 15 is 0 Å². The van der Waals surface area contributed by atoms with Gasteiger partial charge in [0.2, 0.25) is 0 Å². The summed E-state index contributed by atoms with van der Waals surface area (Å²) in [5.41, 5.74) is -0.809. The van der Waals surface area contributed by atoms with E-state index in [4.69, 9.17) is 0 Å². The molecular formula is C14H30N2O2. The monoisotopic (exact) mass is 258 g/mol. The molecule has 0 aromatic carbocycles. The van der Waals surface area contributed by atoms with Crippen LogP contribution in [-0.2, 0) is 4.79 Å². The van der Waals surface area contributed by atoms with Gasteiger partial charge in [-0.05, 0) is 46.2 Å². The Kier molecular flexibility index (Phi) is 8.20. The van der Waals surface area contributed by atoms with Crippen molar-refractivity contribution in [3.05, 3.63) is 0 Å². The van der Waals surface area contributed by atoms with Gasteiger partial charge in [0.1, 0.15) is 5.54 Å². The predicted octanol–water partition coefficient (Wildman–Crippen LogP) is 2.34. The fourth-order valence-electron chi connectivity index (χ4n) is 1.99. The Morgan fingerprint density at radius 1 is 1.39 bits per heavy atom. The molecule has 4 heteroatoms. The number of rotatable bonds is 10. The Hall–Kier alpha value is -0.610. The van der Waals surface area contributed by atoms with Crippen LogP contribution in [0, 0.1) is 0 Å². The van der Waals surface area contributed by atoms with Gasteiger partial charge < -0.3 is 15.3 Å². The molecule has 0 aliphatic carbocycles. The first kappa shape index (κ1) is 17.4. The highest BCUT2D eigenvalue weighted by Gasteiger charge is 2.32. The molecule has 0 aliphatic rings. The molecule has 0 bridgehead atoms. The molecule has 0 heterocycles. The van der Waals surface area contributed by atoms with Gasteiger partial charge in [0.15, 0.2) is 0 Å². The van der Waals surface area contributed by atoms with E-state index in [2.05, 4.69) is 31.0 Å². The molecule has 0 rings (SSSR count). The Bertz CT molecular complexity index is 246. The van der Waals surface area contributed by atoms with Crippen molar-refractivity contribution >= 4 is 5.97 Å². The third kappa shape index (κ3) is 5.36. The van der Waals surface area contributed by atoms with Gasteiger partial charge in [-0.2, -0.15) is 0 Å². The third-order valence-corrected chi connectivity index (χ3v) is 3.76. The average molecular weight is 258 g/mol. The maximum absolute atomic E-state index is 11.4. The highest BCUT2D eigenvalue weighted by Crippen LogP contribution is 2.13. The zero-order valence-corrected chi connectivity index (χ0v) is 12.6. The standard InChI is InChI=1S/C14H30N2O2/c1-6-10-15-14(5,13(17)18)9-11-16(8-3)12(4)7-2/h12,15H,6-11H2,1-5H3,(H,17,18). The maximum Gasteiger partial charge on any atom is 0.323 e. The zero-order chi connectivity index (χ0) is 14.2. The first-order valence-corrected chi connectivity index (χ1v) is 7.13. The van der Waals surface area contributed by atoms with Crippen molar-refractivity contribution in [2.45, 2.75) is 65.5 Å². The van der Waals surface area contributed by atoms with Crippen LogP contribution in [0.5, 0.6) is 0 Å².